The third kappa shape index (κ3) is 7.31. The number of tetrazole rings is 1. The van der Waals surface area contributed by atoms with Crippen LogP contribution in [0.4, 0.5) is 20.4 Å². The van der Waals surface area contributed by atoms with E-state index in [1.54, 1.807) is 29.3 Å². The van der Waals surface area contributed by atoms with Crippen LogP contribution in [0.5, 0.6) is 11.6 Å². The maximum atomic E-state index is 13.1. The maximum Gasteiger partial charge on any atom is 0.272 e. The van der Waals surface area contributed by atoms with Gasteiger partial charge in [-0.15, -0.1) is 10.2 Å². The summed E-state index contributed by atoms with van der Waals surface area (Å²) in [6.07, 6.45) is 10.2. The minimum atomic E-state index is -2.63. The Morgan fingerprint density at radius 1 is 1.00 bits per heavy atom. The standard InChI is InChI=1S/C31H37ClF2N10O3/c1-19(13-42-18-37-40-41-42)47-28-10-20(2-9-26(28)32)21-11-35-31(36-12-21)38-27-14-43(39-30(27)46-17-29(33)34)22-3-5-23(6-4-22)44-24-7-8-25(44)16-45-15-24/h2,9-12,14,18-19,22-25,29H,3-8,13,15-17H2,1H3,(H,35,36,38)/t19-,22?,23?,24-,25+/m0/s1. The number of nitrogens with one attached hydrogen (secondary N) is 1. The average molecular weight is 671 g/mol. The summed E-state index contributed by atoms with van der Waals surface area (Å²) in [6.45, 7) is 3.25. The van der Waals surface area contributed by atoms with Crippen molar-refractivity contribution in [3.63, 3.8) is 0 Å². The minimum Gasteiger partial charge on any atom is -0.487 e. The number of hydrogen-bond donors (Lipinski definition) is 1. The van der Waals surface area contributed by atoms with Crippen molar-refractivity contribution < 1.29 is 23.0 Å². The molecule has 3 atom stereocenters. The Kier molecular flexibility index (Phi) is 9.45. The first-order valence-corrected chi connectivity index (χ1v) is 16.4. The first-order chi connectivity index (χ1) is 22.9. The van der Waals surface area contributed by atoms with Gasteiger partial charge in [0.25, 0.3) is 12.3 Å². The molecule has 1 aliphatic carbocycles. The number of fused-ring (bicyclic) bond motifs is 2. The van der Waals surface area contributed by atoms with Crippen molar-refractivity contribution >= 4 is 23.2 Å². The van der Waals surface area contributed by atoms with Gasteiger partial charge in [0.2, 0.25) is 5.95 Å². The quantitative estimate of drug-likeness (QED) is 0.214. The Labute approximate surface area is 275 Å². The molecule has 3 aliphatic rings. The highest BCUT2D eigenvalue weighted by molar-refractivity contribution is 6.32. The predicted molar refractivity (Wildman–Crippen MR) is 168 cm³/mol. The third-order valence-electron chi connectivity index (χ3n) is 9.13. The molecule has 1 N–H and O–H groups in total. The molecule has 250 valence electrons. The van der Waals surface area contributed by atoms with E-state index in [0.29, 0.717) is 41.1 Å². The van der Waals surface area contributed by atoms with E-state index in [1.807, 2.05) is 23.7 Å². The topological polar surface area (TPSA) is 130 Å². The zero-order chi connectivity index (χ0) is 32.3. The van der Waals surface area contributed by atoms with E-state index in [4.69, 9.17) is 25.8 Å². The summed E-state index contributed by atoms with van der Waals surface area (Å²) in [5, 5.41) is 19.3. The Balaban J connectivity index is 1.02. The van der Waals surface area contributed by atoms with Gasteiger partial charge in [-0.2, -0.15) is 0 Å². The van der Waals surface area contributed by atoms with Gasteiger partial charge in [0.05, 0.1) is 37.0 Å². The van der Waals surface area contributed by atoms with Crippen molar-refractivity contribution in [1.29, 1.82) is 0 Å². The van der Waals surface area contributed by atoms with Crippen LogP contribution in [0.2, 0.25) is 5.02 Å². The van der Waals surface area contributed by atoms with Gasteiger partial charge in [0, 0.05) is 36.1 Å². The monoisotopic (exact) mass is 670 g/mol. The lowest BCUT2D eigenvalue weighted by molar-refractivity contribution is -0.0458. The fourth-order valence-corrected chi connectivity index (χ4v) is 7.15. The predicted octanol–water partition coefficient (Wildman–Crippen LogP) is 5.18. The average Bonchev–Trinajstić information content (AvgIpc) is 3.79. The van der Waals surface area contributed by atoms with Gasteiger partial charge >= 0.3 is 0 Å². The molecule has 1 aromatic carbocycles. The number of rotatable bonds is 12. The van der Waals surface area contributed by atoms with Crippen LogP contribution in [0, 0.1) is 0 Å². The first kappa shape index (κ1) is 31.6. The fraction of sp³-hybridized carbons (Fsp3) is 0.548. The van der Waals surface area contributed by atoms with Crippen LogP contribution in [0.1, 0.15) is 51.5 Å². The molecule has 3 fully saturated rings. The molecule has 2 saturated heterocycles. The second-order valence-electron chi connectivity index (χ2n) is 12.4. The van der Waals surface area contributed by atoms with E-state index >= 15 is 0 Å². The van der Waals surface area contributed by atoms with Crippen molar-refractivity contribution in [3.05, 3.63) is 48.1 Å². The van der Waals surface area contributed by atoms with Crippen molar-refractivity contribution in [2.24, 2.45) is 0 Å². The highest BCUT2D eigenvalue weighted by Gasteiger charge is 2.42. The highest BCUT2D eigenvalue weighted by atomic mass is 35.5. The number of anilines is 2. The number of alkyl halides is 2. The summed E-state index contributed by atoms with van der Waals surface area (Å²) >= 11 is 6.41. The zero-order valence-corrected chi connectivity index (χ0v) is 26.7. The minimum absolute atomic E-state index is 0.0987. The third-order valence-corrected chi connectivity index (χ3v) is 9.44. The fourth-order valence-electron chi connectivity index (χ4n) is 6.99. The molecule has 13 nitrogen and oxygen atoms in total. The van der Waals surface area contributed by atoms with E-state index < -0.39 is 13.0 Å². The van der Waals surface area contributed by atoms with Gasteiger partial charge in [0.15, 0.2) is 6.61 Å². The number of aromatic nitrogens is 8. The highest BCUT2D eigenvalue weighted by Crippen LogP contribution is 2.39. The van der Waals surface area contributed by atoms with Crippen molar-refractivity contribution in [1.82, 2.24) is 44.9 Å². The van der Waals surface area contributed by atoms with Crippen LogP contribution in [-0.4, -0.2) is 95.3 Å². The van der Waals surface area contributed by atoms with Crippen LogP contribution in [0.25, 0.3) is 11.1 Å². The molecule has 16 heteroatoms. The number of halogens is 3. The van der Waals surface area contributed by atoms with Gasteiger partial charge < -0.3 is 19.5 Å². The van der Waals surface area contributed by atoms with Gasteiger partial charge in [-0.3, -0.25) is 9.58 Å². The Morgan fingerprint density at radius 3 is 2.43 bits per heavy atom. The van der Waals surface area contributed by atoms with E-state index in [-0.39, 0.29) is 24.0 Å². The number of hydrogen-bond acceptors (Lipinski definition) is 11. The van der Waals surface area contributed by atoms with Crippen LogP contribution in [-0.2, 0) is 11.3 Å². The van der Waals surface area contributed by atoms with Gasteiger partial charge in [0.1, 0.15) is 23.9 Å². The molecule has 2 bridgehead atoms. The van der Waals surface area contributed by atoms with Crippen molar-refractivity contribution in [2.45, 2.75) is 88.7 Å². The van der Waals surface area contributed by atoms with E-state index in [2.05, 4.69) is 40.8 Å². The van der Waals surface area contributed by atoms with Gasteiger partial charge in [-0.05, 0) is 73.6 Å². The maximum absolute atomic E-state index is 13.1. The largest absolute Gasteiger partial charge is 0.487 e. The van der Waals surface area contributed by atoms with E-state index in [9.17, 15) is 8.78 Å². The summed E-state index contributed by atoms with van der Waals surface area (Å²) in [6, 6.07) is 7.19. The molecule has 2 aliphatic heterocycles. The summed E-state index contributed by atoms with van der Waals surface area (Å²) in [4.78, 5) is 11.6. The lowest BCUT2D eigenvalue weighted by Crippen LogP contribution is -2.52. The lowest BCUT2D eigenvalue weighted by atomic mass is 9.89. The smallest absolute Gasteiger partial charge is 0.272 e. The second-order valence-corrected chi connectivity index (χ2v) is 12.8. The Hall–Kier alpha value is -3.95. The zero-order valence-electron chi connectivity index (χ0n) is 26.0. The number of nitrogens with zero attached hydrogens (tertiary/aromatic N) is 9. The molecule has 0 unspecified atom stereocenters. The summed E-state index contributed by atoms with van der Waals surface area (Å²) in [5.41, 5.74) is 1.98. The molecule has 5 heterocycles. The number of ether oxygens (including phenoxy) is 3. The van der Waals surface area contributed by atoms with Crippen LogP contribution < -0.4 is 14.8 Å². The molecular weight excluding hydrogens is 634 g/mol. The number of benzene rings is 1. The molecule has 0 radical (unpaired) electrons. The van der Waals surface area contributed by atoms with Gasteiger partial charge in [-0.25, -0.2) is 23.4 Å². The second kappa shape index (κ2) is 14.0. The van der Waals surface area contributed by atoms with Gasteiger partial charge in [-0.1, -0.05) is 17.7 Å². The van der Waals surface area contributed by atoms with Crippen molar-refractivity contribution in [3.8, 4) is 22.8 Å². The molecule has 0 spiro atoms. The lowest BCUT2D eigenvalue weighted by Gasteiger charge is -2.43. The first-order valence-electron chi connectivity index (χ1n) is 16.0. The molecule has 0 amide bonds. The molecule has 47 heavy (non-hydrogen) atoms. The molecule has 1 saturated carbocycles. The number of morpholine rings is 1. The Morgan fingerprint density at radius 2 is 1.72 bits per heavy atom. The molecular formula is C31H37ClF2N10O3. The van der Waals surface area contributed by atoms with Crippen LogP contribution in [0.3, 0.4) is 0 Å². The van der Waals surface area contributed by atoms with E-state index in [1.165, 1.54) is 19.2 Å². The summed E-state index contributed by atoms with van der Waals surface area (Å²) in [5.74, 6) is 0.885. The van der Waals surface area contributed by atoms with E-state index in [0.717, 1.165) is 50.0 Å². The van der Waals surface area contributed by atoms with Crippen LogP contribution in [0.15, 0.2) is 43.1 Å². The SMILES string of the molecule is C[C@@H](Cn1cnnn1)Oc1cc(-c2cnc(Nc3cn(C4CCC(N5[C@@H]6CC[C@H]5COC6)CC4)nc3OCC(F)F)nc2)ccc1Cl. The summed E-state index contributed by atoms with van der Waals surface area (Å²) in [7, 11) is 0. The summed E-state index contributed by atoms with van der Waals surface area (Å²) < 4.78 is 46.9. The van der Waals surface area contributed by atoms with Crippen molar-refractivity contribution in [2.75, 3.05) is 25.1 Å². The molecule has 3 aromatic heterocycles. The molecule has 4 aromatic rings. The normalized spacial score (nSPS) is 23.6. The van der Waals surface area contributed by atoms with Crippen LogP contribution >= 0.6 is 11.6 Å². The Bertz CT molecular complexity index is 1600. The molecule has 7 rings (SSSR count).